The standard InChI is InChI=1S/C36H34N6O4S/c1-40-28-9-4-3-7-24(28)19-29(40)35(43)39-27-12-11-23(20-31(27)45-2)26-22-47-33-25(21-38-34(37)32(26)33)8-5-13-41-14-16-42(17-15-41)36(44)30-10-6-18-46-30/h3-12,18-22H,13-17H2,1-2H3,(H2,37,38)(H,39,43)/b8-5+. The molecule has 3 N–H and O–H groups in total. The molecule has 0 atom stereocenters. The fraction of sp³-hybridized carbons (Fsp3) is 0.194. The fourth-order valence-electron chi connectivity index (χ4n) is 6.09. The number of pyridine rings is 1. The van der Waals surface area contributed by atoms with E-state index >= 15 is 0 Å². The summed E-state index contributed by atoms with van der Waals surface area (Å²) in [5.74, 6) is 1.10. The zero-order valence-electron chi connectivity index (χ0n) is 26.1. The van der Waals surface area contributed by atoms with Gasteiger partial charge >= 0.3 is 0 Å². The highest BCUT2D eigenvalue weighted by atomic mass is 32.1. The minimum Gasteiger partial charge on any atom is -0.495 e. The maximum atomic E-state index is 13.3. The lowest BCUT2D eigenvalue weighted by Gasteiger charge is -2.33. The first-order chi connectivity index (χ1) is 22.9. The number of thiophene rings is 1. The molecule has 6 aromatic rings. The van der Waals surface area contributed by atoms with Gasteiger partial charge in [-0.15, -0.1) is 11.3 Å². The SMILES string of the molecule is COc1cc(-c2csc3c(/C=C/CN4CCN(C(=O)c5ccco5)CC4)cnc(N)c23)ccc1NC(=O)c1cc2ccccc2n1C. The van der Waals surface area contributed by atoms with Crippen LogP contribution in [0.4, 0.5) is 11.5 Å². The van der Waals surface area contributed by atoms with Crippen molar-refractivity contribution in [3.63, 3.8) is 0 Å². The number of benzene rings is 2. The van der Waals surface area contributed by atoms with Crippen LogP contribution in [0, 0.1) is 0 Å². The summed E-state index contributed by atoms with van der Waals surface area (Å²) in [6.45, 7) is 3.65. The van der Waals surface area contributed by atoms with Crippen molar-refractivity contribution >= 4 is 61.7 Å². The Balaban J connectivity index is 1.06. The van der Waals surface area contributed by atoms with Crippen LogP contribution < -0.4 is 15.8 Å². The molecule has 1 aliphatic heterocycles. The molecule has 0 unspecified atom stereocenters. The summed E-state index contributed by atoms with van der Waals surface area (Å²) >= 11 is 1.62. The predicted octanol–water partition coefficient (Wildman–Crippen LogP) is 6.36. The first-order valence-corrected chi connectivity index (χ1v) is 16.2. The Bertz CT molecular complexity index is 2120. The third-order valence-corrected chi connectivity index (χ3v) is 9.68. The van der Waals surface area contributed by atoms with Gasteiger partial charge in [-0.1, -0.05) is 36.4 Å². The van der Waals surface area contributed by atoms with Crippen LogP contribution in [0.25, 0.3) is 38.2 Å². The van der Waals surface area contributed by atoms with E-state index in [-0.39, 0.29) is 11.8 Å². The number of nitrogen functional groups attached to an aromatic ring is 1. The first-order valence-electron chi connectivity index (χ1n) is 15.3. The summed E-state index contributed by atoms with van der Waals surface area (Å²) in [6.07, 6.45) is 7.55. The Morgan fingerprint density at radius 3 is 2.68 bits per heavy atom. The number of nitrogens with one attached hydrogen (secondary N) is 1. The quantitative estimate of drug-likeness (QED) is 0.198. The Morgan fingerprint density at radius 1 is 1.09 bits per heavy atom. The van der Waals surface area contributed by atoms with Crippen molar-refractivity contribution in [1.82, 2.24) is 19.4 Å². The Labute approximate surface area is 275 Å². The molecule has 47 heavy (non-hydrogen) atoms. The van der Waals surface area contributed by atoms with Crippen LogP contribution in [0.1, 0.15) is 26.6 Å². The number of nitrogens with zero attached hydrogens (tertiary/aromatic N) is 4. The van der Waals surface area contributed by atoms with Crippen LogP contribution in [-0.4, -0.2) is 71.0 Å². The summed E-state index contributed by atoms with van der Waals surface area (Å²) in [5, 5.41) is 6.99. The lowest BCUT2D eigenvalue weighted by molar-refractivity contribution is 0.0619. The largest absolute Gasteiger partial charge is 0.495 e. The molecular formula is C36H34N6O4S. The molecule has 0 saturated carbocycles. The van der Waals surface area contributed by atoms with Crippen molar-refractivity contribution in [2.45, 2.75) is 0 Å². The number of fused-ring (bicyclic) bond motifs is 2. The van der Waals surface area contributed by atoms with Crippen LogP contribution in [0.5, 0.6) is 5.75 Å². The van der Waals surface area contributed by atoms with Gasteiger partial charge in [0.05, 0.1) is 19.1 Å². The lowest BCUT2D eigenvalue weighted by Crippen LogP contribution is -2.48. The smallest absolute Gasteiger partial charge is 0.289 e. The number of carbonyl (C=O) groups is 2. The van der Waals surface area contributed by atoms with Crippen LogP contribution in [-0.2, 0) is 7.05 Å². The van der Waals surface area contributed by atoms with E-state index in [1.807, 2.05) is 65.0 Å². The Hall–Kier alpha value is -5.39. The number of rotatable bonds is 8. The monoisotopic (exact) mass is 646 g/mol. The van der Waals surface area contributed by atoms with Crippen molar-refractivity contribution in [1.29, 1.82) is 0 Å². The Morgan fingerprint density at radius 2 is 1.91 bits per heavy atom. The van der Waals surface area contributed by atoms with Crippen molar-refractivity contribution in [2.75, 3.05) is 50.9 Å². The van der Waals surface area contributed by atoms with E-state index < -0.39 is 0 Å². The molecule has 1 aliphatic rings. The molecule has 2 aromatic carbocycles. The van der Waals surface area contributed by atoms with E-state index in [4.69, 9.17) is 14.9 Å². The molecule has 0 spiro atoms. The third kappa shape index (κ3) is 5.86. The van der Waals surface area contributed by atoms with Crippen molar-refractivity contribution in [2.24, 2.45) is 7.05 Å². The number of piperazine rings is 1. The Kier molecular flexibility index (Phi) is 8.23. The molecule has 5 heterocycles. The van der Waals surface area contributed by atoms with Gasteiger partial charge in [0.2, 0.25) is 0 Å². The van der Waals surface area contributed by atoms with Crippen LogP contribution in [0.2, 0.25) is 0 Å². The van der Waals surface area contributed by atoms with Crippen LogP contribution in [0.15, 0.2) is 89.0 Å². The van der Waals surface area contributed by atoms with Gasteiger partial charge in [0, 0.05) is 78.1 Å². The second kappa shape index (κ2) is 12.8. The number of carbonyl (C=O) groups excluding carboxylic acids is 2. The zero-order chi connectivity index (χ0) is 32.5. The summed E-state index contributed by atoms with van der Waals surface area (Å²) in [4.78, 5) is 34.5. The lowest BCUT2D eigenvalue weighted by atomic mass is 10.0. The number of nitrogens with two attached hydrogens (primary N) is 1. The molecule has 0 aliphatic carbocycles. The normalized spacial score (nSPS) is 14.0. The highest BCUT2D eigenvalue weighted by molar-refractivity contribution is 7.18. The topological polar surface area (TPSA) is 119 Å². The second-order valence-electron chi connectivity index (χ2n) is 11.4. The summed E-state index contributed by atoms with van der Waals surface area (Å²) < 4.78 is 13.9. The zero-order valence-corrected chi connectivity index (χ0v) is 26.9. The fourth-order valence-corrected chi connectivity index (χ4v) is 7.17. The van der Waals surface area contributed by atoms with Crippen molar-refractivity contribution in [3.05, 3.63) is 102 Å². The van der Waals surface area contributed by atoms with E-state index in [1.165, 1.54) is 6.26 Å². The minimum absolute atomic E-state index is 0.0630. The molecule has 2 amide bonds. The molecule has 11 heteroatoms. The van der Waals surface area contributed by atoms with Gasteiger partial charge in [-0.05, 0) is 47.3 Å². The van der Waals surface area contributed by atoms with Gasteiger partial charge < -0.3 is 29.7 Å². The number of aryl methyl sites for hydroxylation is 1. The molecule has 10 nitrogen and oxygen atoms in total. The summed E-state index contributed by atoms with van der Waals surface area (Å²) in [7, 11) is 3.47. The number of amides is 2. The molecule has 0 radical (unpaired) electrons. The number of hydrogen-bond acceptors (Lipinski definition) is 8. The van der Waals surface area contributed by atoms with Crippen molar-refractivity contribution in [3.8, 4) is 16.9 Å². The minimum atomic E-state index is -0.218. The number of anilines is 2. The van der Waals surface area contributed by atoms with E-state index in [0.29, 0.717) is 41.8 Å². The maximum absolute atomic E-state index is 13.3. The van der Waals surface area contributed by atoms with E-state index in [0.717, 1.165) is 57.3 Å². The highest BCUT2D eigenvalue weighted by Gasteiger charge is 2.23. The van der Waals surface area contributed by atoms with Gasteiger partial charge in [-0.3, -0.25) is 14.5 Å². The number of aromatic nitrogens is 2. The predicted molar refractivity (Wildman–Crippen MR) is 187 cm³/mol. The number of para-hydroxylation sites is 1. The van der Waals surface area contributed by atoms with E-state index in [2.05, 4.69) is 32.7 Å². The van der Waals surface area contributed by atoms with E-state index in [9.17, 15) is 9.59 Å². The number of furan rings is 1. The summed E-state index contributed by atoms with van der Waals surface area (Å²) in [5.41, 5.74) is 11.4. The molecule has 0 bridgehead atoms. The second-order valence-corrected chi connectivity index (χ2v) is 12.3. The highest BCUT2D eigenvalue weighted by Crippen LogP contribution is 2.41. The van der Waals surface area contributed by atoms with Gasteiger partial charge in [-0.25, -0.2) is 4.98 Å². The maximum Gasteiger partial charge on any atom is 0.289 e. The van der Waals surface area contributed by atoms with Gasteiger partial charge in [0.1, 0.15) is 17.3 Å². The van der Waals surface area contributed by atoms with E-state index in [1.54, 1.807) is 36.8 Å². The number of ether oxygens (including phenoxy) is 1. The first kappa shape index (κ1) is 30.3. The van der Waals surface area contributed by atoms with Gasteiger partial charge in [-0.2, -0.15) is 0 Å². The molecule has 238 valence electrons. The van der Waals surface area contributed by atoms with Crippen molar-refractivity contribution < 1.29 is 18.7 Å². The molecule has 7 rings (SSSR count). The van der Waals surface area contributed by atoms with Gasteiger partial charge in [0.25, 0.3) is 11.8 Å². The number of methoxy groups -OCH3 is 1. The summed E-state index contributed by atoms with van der Waals surface area (Å²) in [6, 6.07) is 18.9. The molecule has 1 fully saturated rings. The van der Waals surface area contributed by atoms with Gasteiger partial charge in [0.15, 0.2) is 5.76 Å². The average molecular weight is 647 g/mol. The molecular weight excluding hydrogens is 613 g/mol. The average Bonchev–Trinajstić information content (AvgIpc) is 3.86. The van der Waals surface area contributed by atoms with Crippen LogP contribution in [0.3, 0.4) is 0 Å². The molecule has 4 aromatic heterocycles. The van der Waals surface area contributed by atoms with Crippen LogP contribution >= 0.6 is 11.3 Å². The third-order valence-electron chi connectivity index (χ3n) is 8.65. The molecule has 1 saturated heterocycles. The number of hydrogen-bond donors (Lipinski definition) is 2.